The van der Waals surface area contributed by atoms with Crippen molar-refractivity contribution in [3.8, 4) is 0 Å². The molecule has 0 atom stereocenters. The molecule has 0 saturated carbocycles. The molecule has 0 aliphatic heterocycles. The fourth-order valence-electron chi connectivity index (χ4n) is 1.13. The molecule has 66 valence electrons. The normalized spacial score (nSPS) is 9.79. The molecule has 6 nitrogen and oxygen atoms in total. The van der Waals surface area contributed by atoms with Gasteiger partial charge in [-0.3, -0.25) is 9.38 Å². The number of carboxylic acid groups (broad SMARTS) is 1. The maximum absolute atomic E-state index is 10.6. The predicted octanol–water partition coefficient (Wildman–Crippen LogP) is -4.20. The van der Waals surface area contributed by atoms with Crippen LogP contribution in [0.1, 0.15) is 16.3 Å². The minimum absolute atomic E-state index is 0. The zero-order valence-electron chi connectivity index (χ0n) is 7.76. The number of carbonyl (C=O) groups is 1. The fraction of sp³-hybridized carbons (Fsp3) is 0.143. The molecule has 2 aromatic rings. The summed E-state index contributed by atoms with van der Waals surface area (Å²) in [6, 6.07) is 0. The molecule has 0 aromatic carbocycles. The first-order valence-corrected chi connectivity index (χ1v) is 3.57. The average Bonchev–Trinajstić information content (AvgIpc) is 2.49. The van der Waals surface area contributed by atoms with Gasteiger partial charge in [-0.25, -0.2) is 0 Å². The van der Waals surface area contributed by atoms with E-state index in [4.69, 9.17) is 0 Å². The second-order valence-electron chi connectivity index (χ2n) is 2.55. The predicted molar refractivity (Wildman–Crippen MR) is 39.8 cm³/mol. The molecule has 0 amide bonds. The first kappa shape index (κ1) is 10.7. The van der Waals surface area contributed by atoms with Gasteiger partial charge in [-0.1, -0.05) is 0 Å². The maximum atomic E-state index is 10.6. The number of rotatable bonds is 1. The van der Waals surface area contributed by atoms with Gasteiger partial charge < -0.3 is 9.90 Å². The Bertz CT molecular complexity index is 481. The Labute approximate surface area is 91.2 Å². The monoisotopic (exact) mass is 184 g/mol. The SMILES string of the molecule is Cc1cncc2nnc(C(=O)[O-])n12.[Li+]. The quantitative estimate of drug-likeness (QED) is 0.419. The van der Waals surface area contributed by atoms with E-state index >= 15 is 0 Å². The molecule has 0 spiro atoms. The maximum Gasteiger partial charge on any atom is 1.00 e. The van der Waals surface area contributed by atoms with E-state index in [1.54, 1.807) is 6.92 Å². The van der Waals surface area contributed by atoms with Crippen LogP contribution in [0.4, 0.5) is 0 Å². The number of carbonyl (C=O) groups excluding carboxylic acids is 1. The second-order valence-corrected chi connectivity index (χ2v) is 2.55. The van der Waals surface area contributed by atoms with Crippen molar-refractivity contribution >= 4 is 11.6 Å². The molecule has 0 N–H and O–H groups in total. The number of nitrogens with zero attached hydrogens (tertiary/aromatic N) is 4. The molecule has 0 radical (unpaired) electrons. The molecule has 0 aliphatic carbocycles. The summed E-state index contributed by atoms with van der Waals surface area (Å²) in [5.74, 6) is -1.54. The zero-order valence-corrected chi connectivity index (χ0v) is 7.76. The van der Waals surface area contributed by atoms with Gasteiger partial charge in [-0.05, 0) is 6.92 Å². The molecule has 2 rings (SSSR count). The van der Waals surface area contributed by atoms with Crippen LogP contribution in [0.15, 0.2) is 12.4 Å². The number of carboxylic acids is 1. The Morgan fingerprint density at radius 2 is 2.14 bits per heavy atom. The van der Waals surface area contributed by atoms with Gasteiger partial charge in [-0.2, -0.15) is 0 Å². The third-order valence-corrected chi connectivity index (χ3v) is 1.67. The smallest absolute Gasteiger partial charge is 0.541 e. The number of aryl methyl sites for hydroxylation is 1. The van der Waals surface area contributed by atoms with Crippen LogP contribution in [0.2, 0.25) is 0 Å². The van der Waals surface area contributed by atoms with E-state index in [2.05, 4.69) is 15.2 Å². The topological polar surface area (TPSA) is 83.2 Å². The summed E-state index contributed by atoms with van der Waals surface area (Å²) >= 11 is 0. The van der Waals surface area contributed by atoms with E-state index in [9.17, 15) is 9.90 Å². The van der Waals surface area contributed by atoms with E-state index < -0.39 is 5.97 Å². The molecule has 0 bridgehead atoms. The molecular weight excluding hydrogens is 179 g/mol. The molecule has 2 aromatic heterocycles. The van der Waals surface area contributed by atoms with Crippen molar-refractivity contribution in [2.45, 2.75) is 6.92 Å². The summed E-state index contributed by atoms with van der Waals surface area (Å²) in [5, 5.41) is 17.7. The van der Waals surface area contributed by atoms with Crippen molar-refractivity contribution in [1.82, 2.24) is 19.6 Å². The summed E-state index contributed by atoms with van der Waals surface area (Å²) in [7, 11) is 0. The van der Waals surface area contributed by atoms with E-state index in [1.165, 1.54) is 16.8 Å². The third kappa shape index (κ3) is 1.50. The average molecular weight is 184 g/mol. The molecule has 0 fully saturated rings. The summed E-state index contributed by atoms with van der Waals surface area (Å²) in [5.41, 5.74) is 1.06. The molecule has 0 aliphatic rings. The summed E-state index contributed by atoms with van der Waals surface area (Å²) in [6.45, 7) is 1.72. The Balaban J connectivity index is 0.000000980. The second kappa shape index (κ2) is 3.78. The molecule has 7 heteroatoms. The van der Waals surface area contributed by atoms with Crippen molar-refractivity contribution in [2.24, 2.45) is 0 Å². The van der Waals surface area contributed by atoms with Gasteiger partial charge in [0, 0.05) is 11.9 Å². The molecule has 2 heterocycles. The van der Waals surface area contributed by atoms with Gasteiger partial charge in [0.1, 0.15) is 5.97 Å². The van der Waals surface area contributed by atoms with Crippen LogP contribution in [0.5, 0.6) is 0 Å². The van der Waals surface area contributed by atoms with Crippen LogP contribution in [0, 0.1) is 6.92 Å². The van der Waals surface area contributed by atoms with Crippen LogP contribution < -0.4 is 24.0 Å². The van der Waals surface area contributed by atoms with Crippen LogP contribution in [-0.4, -0.2) is 25.6 Å². The van der Waals surface area contributed by atoms with E-state index in [0.29, 0.717) is 11.3 Å². The van der Waals surface area contributed by atoms with Crippen molar-refractivity contribution < 1.29 is 28.8 Å². The Morgan fingerprint density at radius 1 is 1.43 bits per heavy atom. The van der Waals surface area contributed by atoms with Crippen LogP contribution in [-0.2, 0) is 0 Å². The van der Waals surface area contributed by atoms with Gasteiger partial charge in [0.05, 0.1) is 6.20 Å². The Hall–Kier alpha value is -1.38. The van der Waals surface area contributed by atoms with Crippen molar-refractivity contribution in [2.75, 3.05) is 0 Å². The number of aromatic nitrogens is 4. The molecular formula is C7H5LiN4O2. The zero-order chi connectivity index (χ0) is 9.42. The largest absolute Gasteiger partial charge is 1.00 e. The van der Waals surface area contributed by atoms with Gasteiger partial charge in [0.25, 0.3) is 0 Å². The first-order valence-electron chi connectivity index (χ1n) is 3.57. The van der Waals surface area contributed by atoms with E-state index in [1.807, 2.05) is 0 Å². The number of hydrogen-bond acceptors (Lipinski definition) is 5. The van der Waals surface area contributed by atoms with Crippen molar-refractivity contribution in [3.63, 3.8) is 0 Å². The number of hydrogen-bond donors (Lipinski definition) is 0. The van der Waals surface area contributed by atoms with E-state index in [-0.39, 0.29) is 24.7 Å². The van der Waals surface area contributed by atoms with Crippen LogP contribution in [0.25, 0.3) is 5.65 Å². The van der Waals surface area contributed by atoms with Gasteiger partial charge in [0.15, 0.2) is 11.5 Å². The van der Waals surface area contributed by atoms with Crippen LogP contribution in [0.3, 0.4) is 0 Å². The summed E-state index contributed by atoms with van der Waals surface area (Å²) in [4.78, 5) is 14.4. The van der Waals surface area contributed by atoms with Gasteiger partial charge in [0.2, 0.25) is 0 Å². The Morgan fingerprint density at radius 3 is 2.79 bits per heavy atom. The van der Waals surface area contributed by atoms with E-state index in [0.717, 1.165) is 0 Å². The van der Waals surface area contributed by atoms with Gasteiger partial charge >= 0.3 is 18.9 Å². The van der Waals surface area contributed by atoms with Gasteiger partial charge in [-0.15, -0.1) is 10.2 Å². The third-order valence-electron chi connectivity index (χ3n) is 1.67. The number of fused-ring (bicyclic) bond motifs is 1. The fourth-order valence-corrected chi connectivity index (χ4v) is 1.13. The molecule has 14 heavy (non-hydrogen) atoms. The number of aromatic carboxylic acids is 1. The van der Waals surface area contributed by atoms with Crippen LogP contribution >= 0.6 is 0 Å². The minimum atomic E-state index is -1.35. The minimum Gasteiger partial charge on any atom is -0.541 e. The Kier molecular flexibility index (Phi) is 2.89. The first-order chi connectivity index (χ1) is 6.20. The summed E-state index contributed by atoms with van der Waals surface area (Å²) in [6.07, 6.45) is 2.97. The van der Waals surface area contributed by atoms with Crippen molar-refractivity contribution in [1.29, 1.82) is 0 Å². The standard InChI is InChI=1S/C7H6N4O2.Li/c1-4-2-8-3-5-9-10-6(7(12)13)11(4)5;/h2-3H,1H3,(H,12,13);/q;+1/p-1. The van der Waals surface area contributed by atoms with Crippen molar-refractivity contribution in [3.05, 3.63) is 23.9 Å². The molecule has 0 saturated heterocycles. The molecule has 0 unspecified atom stereocenters. The summed E-state index contributed by atoms with van der Waals surface area (Å²) < 4.78 is 1.38.